The molecule has 1 fully saturated rings. The molecule has 0 bridgehead atoms. The van der Waals surface area contributed by atoms with E-state index < -0.39 is 34.9 Å². The summed E-state index contributed by atoms with van der Waals surface area (Å²) in [7, 11) is 0. The molecule has 168 valence electrons. The number of hydrogen-bond donors (Lipinski definition) is 0. The van der Waals surface area contributed by atoms with Crippen LogP contribution in [-0.4, -0.2) is 32.7 Å². The molecular weight excluding hydrogens is 440 g/mol. The average molecular weight is 462 g/mol. The van der Waals surface area contributed by atoms with Crippen LogP contribution in [0.15, 0.2) is 41.2 Å². The van der Waals surface area contributed by atoms with E-state index in [2.05, 4.69) is 4.98 Å². The van der Waals surface area contributed by atoms with Crippen molar-refractivity contribution in [3.05, 3.63) is 69.2 Å². The number of rotatable bonds is 2. The zero-order chi connectivity index (χ0) is 23.2. The number of aromatic nitrogens is 2. The fraction of sp³-hybridized carbons (Fsp3) is 0.348. The second-order valence-electron chi connectivity index (χ2n) is 8.71. The Hall–Kier alpha value is -3.00. The zero-order valence-corrected chi connectivity index (χ0v) is 18.6. The molecule has 2 heterocycles. The lowest BCUT2D eigenvalue weighted by Crippen LogP contribution is -2.38. The normalized spacial score (nSPS) is 16.6. The number of para-hydroxylation sites is 1. The minimum absolute atomic E-state index is 0.0204. The molecule has 6 nitrogen and oxygen atoms in total. The van der Waals surface area contributed by atoms with Crippen LogP contribution in [0.4, 0.5) is 13.6 Å². The predicted octanol–water partition coefficient (Wildman–Crippen LogP) is 5.39. The first-order chi connectivity index (χ1) is 15.0. The van der Waals surface area contributed by atoms with Gasteiger partial charge in [-0.3, -0.25) is 14.3 Å². The highest BCUT2D eigenvalue weighted by Gasteiger charge is 2.36. The van der Waals surface area contributed by atoms with Gasteiger partial charge in [-0.25, -0.2) is 18.6 Å². The predicted molar refractivity (Wildman–Crippen MR) is 117 cm³/mol. The van der Waals surface area contributed by atoms with Crippen LogP contribution in [-0.2, 0) is 4.74 Å². The third kappa shape index (κ3) is 4.19. The van der Waals surface area contributed by atoms with E-state index in [1.54, 1.807) is 39.0 Å². The van der Waals surface area contributed by atoms with Crippen molar-refractivity contribution in [1.29, 1.82) is 0 Å². The van der Waals surface area contributed by atoms with Crippen LogP contribution < -0.4 is 5.56 Å². The maximum Gasteiger partial charge on any atom is 0.410 e. The van der Waals surface area contributed by atoms with Gasteiger partial charge in [0.1, 0.15) is 23.1 Å². The van der Waals surface area contributed by atoms with Gasteiger partial charge >= 0.3 is 6.09 Å². The van der Waals surface area contributed by atoms with Crippen molar-refractivity contribution in [2.45, 2.75) is 45.3 Å². The maximum atomic E-state index is 14.0. The standard InChI is InChI=1S/C23H22ClF2N3O3/c1-23(2,3)32-22(31)28-9-5-8-18(28)20-27-19-16(6-4-7-17(19)24)21(30)29(20)15-11-13(25)10-14(26)12-15/h4,6-7,10-12,18H,5,8-9H2,1-3H3. The maximum absolute atomic E-state index is 14.0. The number of halogens is 3. The monoisotopic (exact) mass is 461 g/mol. The van der Waals surface area contributed by atoms with E-state index in [0.717, 1.165) is 22.8 Å². The van der Waals surface area contributed by atoms with Gasteiger partial charge in [0.2, 0.25) is 0 Å². The Morgan fingerprint density at radius 3 is 2.53 bits per heavy atom. The SMILES string of the molecule is CC(C)(C)OC(=O)N1CCCC1c1nc2c(Cl)cccc2c(=O)n1-c1cc(F)cc(F)c1. The molecule has 9 heteroatoms. The Labute approximate surface area is 188 Å². The molecule has 0 spiro atoms. The van der Waals surface area contributed by atoms with E-state index in [9.17, 15) is 18.4 Å². The number of carbonyl (C=O) groups excluding carboxylic acids is 1. The van der Waals surface area contributed by atoms with Gasteiger partial charge < -0.3 is 4.74 Å². The van der Waals surface area contributed by atoms with E-state index >= 15 is 0 Å². The third-order valence-corrected chi connectivity index (χ3v) is 5.47. The molecule has 1 amide bonds. The molecule has 32 heavy (non-hydrogen) atoms. The van der Waals surface area contributed by atoms with Crippen LogP contribution in [0.3, 0.4) is 0 Å². The summed E-state index contributed by atoms with van der Waals surface area (Å²) in [6.07, 6.45) is 0.600. The van der Waals surface area contributed by atoms with E-state index in [1.807, 2.05) is 0 Å². The van der Waals surface area contributed by atoms with Gasteiger partial charge in [-0.15, -0.1) is 0 Å². The fourth-order valence-electron chi connectivity index (χ4n) is 3.91. The minimum atomic E-state index is -0.834. The summed E-state index contributed by atoms with van der Waals surface area (Å²) in [6.45, 7) is 5.67. The van der Waals surface area contributed by atoms with Crippen LogP contribution in [0.5, 0.6) is 0 Å². The summed E-state index contributed by atoms with van der Waals surface area (Å²) < 4.78 is 34.8. The average Bonchev–Trinajstić information content (AvgIpc) is 3.16. The summed E-state index contributed by atoms with van der Waals surface area (Å²) in [5, 5.41) is 0.466. The van der Waals surface area contributed by atoms with Crippen molar-refractivity contribution in [3.63, 3.8) is 0 Å². The number of fused-ring (bicyclic) bond motifs is 1. The highest BCUT2D eigenvalue weighted by molar-refractivity contribution is 6.35. The summed E-state index contributed by atoms with van der Waals surface area (Å²) in [6, 6.07) is 6.95. The summed E-state index contributed by atoms with van der Waals surface area (Å²) >= 11 is 6.31. The molecular formula is C23H22ClF2N3O3. The molecule has 2 aromatic carbocycles. The topological polar surface area (TPSA) is 64.4 Å². The fourth-order valence-corrected chi connectivity index (χ4v) is 4.12. The molecule has 0 saturated carbocycles. The Bertz CT molecular complexity index is 1250. The Kier molecular flexibility index (Phi) is 5.67. The number of hydrogen-bond acceptors (Lipinski definition) is 4. The number of benzene rings is 2. The van der Waals surface area contributed by atoms with E-state index in [0.29, 0.717) is 19.4 Å². The molecule has 3 aromatic rings. The van der Waals surface area contributed by atoms with Crippen molar-refractivity contribution in [3.8, 4) is 5.69 Å². The summed E-state index contributed by atoms with van der Waals surface area (Å²) in [4.78, 5) is 32.4. The molecule has 0 radical (unpaired) electrons. The van der Waals surface area contributed by atoms with Crippen LogP contribution >= 0.6 is 11.6 Å². The largest absolute Gasteiger partial charge is 0.444 e. The molecule has 1 atom stereocenters. The first kappa shape index (κ1) is 22.2. The number of likely N-dealkylation sites (tertiary alicyclic amines) is 1. The van der Waals surface area contributed by atoms with Crippen LogP contribution in [0.1, 0.15) is 45.5 Å². The highest BCUT2D eigenvalue weighted by Crippen LogP contribution is 2.34. The third-order valence-electron chi connectivity index (χ3n) is 5.16. The second-order valence-corrected chi connectivity index (χ2v) is 9.11. The van der Waals surface area contributed by atoms with Crippen LogP contribution in [0.2, 0.25) is 5.02 Å². The quantitative estimate of drug-likeness (QED) is 0.513. The van der Waals surface area contributed by atoms with E-state index in [-0.39, 0.29) is 27.4 Å². The van der Waals surface area contributed by atoms with E-state index in [4.69, 9.17) is 16.3 Å². The summed E-state index contributed by atoms with van der Waals surface area (Å²) in [5.74, 6) is -1.50. The van der Waals surface area contributed by atoms with Crippen molar-refractivity contribution in [1.82, 2.24) is 14.5 Å². The molecule has 4 rings (SSSR count). The minimum Gasteiger partial charge on any atom is -0.444 e. The van der Waals surface area contributed by atoms with Gasteiger partial charge in [-0.1, -0.05) is 17.7 Å². The Morgan fingerprint density at radius 2 is 1.88 bits per heavy atom. The molecule has 0 N–H and O–H groups in total. The lowest BCUT2D eigenvalue weighted by Gasteiger charge is -2.29. The number of carbonyl (C=O) groups is 1. The first-order valence-corrected chi connectivity index (χ1v) is 10.6. The smallest absolute Gasteiger partial charge is 0.410 e. The molecule has 0 aliphatic carbocycles. The van der Waals surface area contributed by atoms with Gasteiger partial charge in [0.05, 0.1) is 27.7 Å². The highest BCUT2D eigenvalue weighted by atomic mass is 35.5. The number of ether oxygens (including phenoxy) is 1. The molecule has 1 aliphatic rings. The van der Waals surface area contributed by atoms with Crippen LogP contribution in [0.25, 0.3) is 16.6 Å². The van der Waals surface area contributed by atoms with Crippen molar-refractivity contribution >= 4 is 28.6 Å². The van der Waals surface area contributed by atoms with Gasteiger partial charge in [-0.05, 0) is 57.9 Å². The Morgan fingerprint density at radius 1 is 1.19 bits per heavy atom. The lowest BCUT2D eigenvalue weighted by atomic mass is 10.1. The number of amides is 1. The van der Waals surface area contributed by atoms with Gasteiger partial charge in [0.15, 0.2) is 0 Å². The van der Waals surface area contributed by atoms with Crippen molar-refractivity contribution in [2.24, 2.45) is 0 Å². The van der Waals surface area contributed by atoms with Crippen molar-refractivity contribution in [2.75, 3.05) is 6.54 Å². The van der Waals surface area contributed by atoms with E-state index in [1.165, 1.54) is 4.90 Å². The Balaban J connectivity index is 1.96. The molecule has 1 unspecified atom stereocenters. The molecule has 1 aliphatic heterocycles. The zero-order valence-electron chi connectivity index (χ0n) is 17.9. The van der Waals surface area contributed by atoms with Gasteiger partial charge in [-0.2, -0.15) is 0 Å². The van der Waals surface area contributed by atoms with Crippen molar-refractivity contribution < 1.29 is 18.3 Å². The molecule has 1 saturated heterocycles. The second kappa shape index (κ2) is 8.16. The van der Waals surface area contributed by atoms with Gasteiger partial charge in [0, 0.05) is 12.6 Å². The first-order valence-electron chi connectivity index (χ1n) is 10.2. The lowest BCUT2D eigenvalue weighted by molar-refractivity contribution is 0.0216. The molecule has 1 aromatic heterocycles. The summed E-state index contributed by atoms with van der Waals surface area (Å²) in [5.41, 5.74) is -1.00. The number of nitrogens with zero attached hydrogens (tertiary/aromatic N) is 3. The van der Waals surface area contributed by atoms with Crippen LogP contribution in [0, 0.1) is 11.6 Å². The van der Waals surface area contributed by atoms with Gasteiger partial charge in [0.25, 0.3) is 5.56 Å².